The summed E-state index contributed by atoms with van der Waals surface area (Å²) in [5.74, 6) is -1.17. The van der Waals surface area contributed by atoms with Gasteiger partial charge in [0.05, 0.1) is 17.1 Å². The molecule has 18 heavy (non-hydrogen) atoms. The van der Waals surface area contributed by atoms with Crippen LogP contribution in [0.4, 0.5) is 5.69 Å². The second-order valence-electron chi connectivity index (χ2n) is 3.78. The highest BCUT2D eigenvalue weighted by atomic mass is 35.5. The Morgan fingerprint density at radius 3 is 2.61 bits per heavy atom. The summed E-state index contributed by atoms with van der Waals surface area (Å²) in [4.78, 5) is 23.9. The number of aromatic carboxylic acids is 1. The van der Waals surface area contributed by atoms with Crippen molar-refractivity contribution in [1.29, 1.82) is 0 Å². The summed E-state index contributed by atoms with van der Waals surface area (Å²) >= 11 is 5.86. The summed E-state index contributed by atoms with van der Waals surface area (Å²) in [5, 5.41) is 11.7. The summed E-state index contributed by atoms with van der Waals surface area (Å²) in [5.41, 5.74) is 0.739. The summed E-state index contributed by atoms with van der Waals surface area (Å²) < 4.78 is 0. The fourth-order valence-corrected chi connectivity index (χ4v) is 1.73. The van der Waals surface area contributed by atoms with Gasteiger partial charge >= 0.3 is 5.97 Å². The van der Waals surface area contributed by atoms with Crippen molar-refractivity contribution in [3.8, 4) is 0 Å². The number of hydrogen-bond acceptors (Lipinski definition) is 3. The molecule has 2 N–H and O–H groups in total. The van der Waals surface area contributed by atoms with Crippen molar-refractivity contribution in [1.82, 2.24) is 5.32 Å². The van der Waals surface area contributed by atoms with Crippen molar-refractivity contribution >= 4 is 29.2 Å². The van der Waals surface area contributed by atoms with Crippen LogP contribution in [0.5, 0.6) is 0 Å². The molecule has 0 spiro atoms. The maximum Gasteiger partial charge on any atom is 0.337 e. The van der Waals surface area contributed by atoms with E-state index in [0.717, 1.165) is 0 Å². The zero-order valence-electron chi connectivity index (χ0n) is 10.2. The lowest BCUT2D eigenvalue weighted by Crippen LogP contribution is -2.34. The average molecular weight is 271 g/mol. The fourth-order valence-electron chi connectivity index (χ4n) is 1.47. The van der Waals surface area contributed by atoms with Crippen LogP contribution in [-0.4, -0.2) is 37.1 Å². The molecular formula is C12H15ClN2O3. The predicted octanol–water partition coefficient (Wildman–Crippen LogP) is 1.61. The standard InChI is InChI=1S/C12H15ClN2O3/c1-3-14-11(16)7-15(2)8-4-5-9(12(17)18)10(13)6-8/h4-6H,3,7H2,1-2H3,(H,14,16)(H,17,18). The van der Waals surface area contributed by atoms with Gasteiger partial charge in [0.15, 0.2) is 0 Å². The van der Waals surface area contributed by atoms with E-state index in [2.05, 4.69) is 5.32 Å². The highest BCUT2D eigenvalue weighted by Gasteiger charge is 2.12. The number of benzene rings is 1. The third-order valence-corrected chi connectivity index (χ3v) is 2.69. The van der Waals surface area contributed by atoms with Gasteiger partial charge < -0.3 is 15.3 Å². The van der Waals surface area contributed by atoms with Crippen molar-refractivity contribution < 1.29 is 14.7 Å². The molecule has 1 aromatic carbocycles. The van der Waals surface area contributed by atoms with E-state index in [4.69, 9.17) is 16.7 Å². The molecule has 5 nitrogen and oxygen atoms in total. The van der Waals surface area contributed by atoms with Gasteiger partial charge in [-0.2, -0.15) is 0 Å². The van der Waals surface area contributed by atoms with E-state index in [1.807, 2.05) is 6.92 Å². The van der Waals surface area contributed by atoms with Gasteiger partial charge in [0.1, 0.15) is 0 Å². The van der Waals surface area contributed by atoms with E-state index < -0.39 is 5.97 Å². The Morgan fingerprint density at radius 2 is 2.11 bits per heavy atom. The van der Waals surface area contributed by atoms with Gasteiger partial charge in [-0.15, -0.1) is 0 Å². The molecule has 0 aliphatic carbocycles. The van der Waals surface area contributed by atoms with E-state index in [-0.39, 0.29) is 23.0 Å². The van der Waals surface area contributed by atoms with Crippen LogP contribution >= 0.6 is 11.6 Å². The number of nitrogens with zero attached hydrogens (tertiary/aromatic N) is 1. The largest absolute Gasteiger partial charge is 0.478 e. The lowest BCUT2D eigenvalue weighted by molar-refractivity contribution is -0.119. The van der Waals surface area contributed by atoms with Gasteiger partial charge in [0.2, 0.25) is 5.91 Å². The quantitative estimate of drug-likeness (QED) is 0.853. The molecule has 0 atom stereocenters. The first-order chi connectivity index (χ1) is 8.45. The van der Waals surface area contributed by atoms with Crippen LogP contribution < -0.4 is 10.2 Å². The molecule has 1 rings (SSSR count). The first kappa shape index (κ1) is 14.3. The molecule has 1 aromatic rings. The molecular weight excluding hydrogens is 256 g/mol. The number of anilines is 1. The Kier molecular flexibility index (Phi) is 4.97. The van der Waals surface area contributed by atoms with Crippen molar-refractivity contribution in [2.45, 2.75) is 6.92 Å². The molecule has 0 fully saturated rings. The fraction of sp³-hybridized carbons (Fsp3) is 0.333. The predicted molar refractivity (Wildman–Crippen MR) is 70.4 cm³/mol. The normalized spacial score (nSPS) is 9.94. The van der Waals surface area contributed by atoms with Crippen LogP contribution in [0.3, 0.4) is 0 Å². The minimum absolute atomic E-state index is 0.0480. The van der Waals surface area contributed by atoms with E-state index in [1.165, 1.54) is 12.1 Å². The summed E-state index contributed by atoms with van der Waals surface area (Å²) in [6.45, 7) is 2.61. The zero-order valence-corrected chi connectivity index (χ0v) is 11.0. The van der Waals surface area contributed by atoms with Gasteiger partial charge in [0, 0.05) is 19.3 Å². The number of carbonyl (C=O) groups excluding carboxylic acids is 1. The SMILES string of the molecule is CCNC(=O)CN(C)c1ccc(C(=O)O)c(Cl)c1. The summed E-state index contributed by atoms with van der Waals surface area (Å²) in [6, 6.07) is 4.58. The molecule has 0 aromatic heterocycles. The van der Waals surface area contributed by atoms with Gasteiger partial charge in [-0.05, 0) is 25.1 Å². The van der Waals surface area contributed by atoms with Crippen LogP contribution in [0.25, 0.3) is 0 Å². The number of amides is 1. The molecule has 0 aliphatic heterocycles. The lowest BCUT2D eigenvalue weighted by Gasteiger charge is -2.19. The molecule has 0 heterocycles. The smallest absolute Gasteiger partial charge is 0.337 e. The van der Waals surface area contributed by atoms with Crippen LogP contribution in [-0.2, 0) is 4.79 Å². The van der Waals surface area contributed by atoms with Crippen molar-refractivity contribution in [3.63, 3.8) is 0 Å². The molecule has 1 amide bonds. The third kappa shape index (κ3) is 3.63. The molecule has 0 unspecified atom stereocenters. The van der Waals surface area contributed by atoms with E-state index in [9.17, 15) is 9.59 Å². The Morgan fingerprint density at radius 1 is 1.44 bits per heavy atom. The first-order valence-electron chi connectivity index (χ1n) is 5.46. The minimum atomic E-state index is -1.07. The Hall–Kier alpha value is -1.75. The molecule has 0 bridgehead atoms. The Bertz CT molecular complexity index is 463. The van der Waals surface area contributed by atoms with Crippen molar-refractivity contribution in [2.75, 3.05) is 25.0 Å². The van der Waals surface area contributed by atoms with Gasteiger partial charge in [-0.3, -0.25) is 4.79 Å². The van der Waals surface area contributed by atoms with Gasteiger partial charge in [-0.1, -0.05) is 11.6 Å². The molecule has 0 saturated carbocycles. The number of carbonyl (C=O) groups is 2. The van der Waals surface area contributed by atoms with Crippen LogP contribution in [0.1, 0.15) is 17.3 Å². The second kappa shape index (κ2) is 6.26. The van der Waals surface area contributed by atoms with Crippen LogP contribution in [0, 0.1) is 0 Å². The average Bonchev–Trinajstić information content (AvgIpc) is 2.28. The van der Waals surface area contributed by atoms with E-state index in [0.29, 0.717) is 12.2 Å². The monoisotopic (exact) mass is 270 g/mol. The highest BCUT2D eigenvalue weighted by molar-refractivity contribution is 6.33. The van der Waals surface area contributed by atoms with Crippen molar-refractivity contribution in [3.05, 3.63) is 28.8 Å². The summed E-state index contributed by atoms with van der Waals surface area (Å²) in [6.07, 6.45) is 0. The second-order valence-corrected chi connectivity index (χ2v) is 4.19. The van der Waals surface area contributed by atoms with Gasteiger partial charge in [-0.25, -0.2) is 4.79 Å². The maximum atomic E-state index is 11.4. The van der Waals surface area contributed by atoms with Crippen molar-refractivity contribution in [2.24, 2.45) is 0 Å². The maximum absolute atomic E-state index is 11.4. The molecule has 0 radical (unpaired) electrons. The van der Waals surface area contributed by atoms with Crippen LogP contribution in [0.2, 0.25) is 5.02 Å². The van der Waals surface area contributed by atoms with Crippen LogP contribution in [0.15, 0.2) is 18.2 Å². The number of carboxylic acids is 1. The number of hydrogen-bond donors (Lipinski definition) is 2. The van der Waals surface area contributed by atoms with E-state index >= 15 is 0 Å². The highest BCUT2D eigenvalue weighted by Crippen LogP contribution is 2.22. The molecule has 0 aliphatic rings. The Labute approximate surface area is 110 Å². The zero-order chi connectivity index (χ0) is 13.7. The third-order valence-electron chi connectivity index (χ3n) is 2.38. The number of halogens is 1. The lowest BCUT2D eigenvalue weighted by atomic mass is 10.2. The topological polar surface area (TPSA) is 69.6 Å². The minimum Gasteiger partial charge on any atom is -0.478 e. The Balaban J connectivity index is 2.81. The molecule has 0 saturated heterocycles. The number of rotatable bonds is 5. The first-order valence-corrected chi connectivity index (χ1v) is 5.84. The number of likely N-dealkylation sites (N-methyl/N-ethyl adjacent to an activating group) is 2. The number of nitrogens with one attached hydrogen (secondary N) is 1. The van der Waals surface area contributed by atoms with E-state index in [1.54, 1.807) is 18.0 Å². The summed E-state index contributed by atoms with van der Waals surface area (Å²) in [7, 11) is 1.74. The van der Waals surface area contributed by atoms with Gasteiger partial charge in [0.25, 0.3) is 0 Å². The number of carboxylic acid groups (broad SMARTS) is 1. The molecule has 98 valence electrons. The molecule has 6 heteroatoms.